The molecule has 0 radical (unpaired) electrons. The van der Waals surface area contributed by atoms with E-state index in [2.05, 4.69) is 26.0 Å². The Morgan fingerprint density at radius 1 is 1.40 bits per heavy atom. The molecule has 2 N–H and O–H groups in total. The molecular weight excluding hydrogens is 186 g/mol. The Kier molecular flexibility index (Phi) is 2.96. The summed E-state index contributed by atoms with van der Waals surface area (Å²) in [4.78, 5) is 0. The predicted molar refractivity (Wildman–Crippen MR) is 62.1 cm³/mol. The van der Waals surface area contributed by atoms with Crippen molar-refractivity contribution in [3.05, 3.63) is 29.3 Å². The van der Waals surface area contributed by atoms with Crippen molar-refractivity contribution in [2.45, 2.75) is 45.3 Å². The van der Waals surface area contributed by atoms with E-state index in [9.17, 15) is 0 Å². The summed E-state index contributed by atoms with van der Waals surface area (Å²) in [5, 5.41) is 0. The third kappa shape index (κ3) is 2.32. The van der Waals surface area contributed by atoms with Crippen LogP contribution in [0.1, 0.15) is 43.7 Å². The summed E-state index contributed by atoms with van der Waals surface area (Å²) in [5.41, 5.74) is 8.24. The topological polar surface area (TPSA) is 35.2 Å². The second-order valence-corrected chi connectivity index (χ2v) is 4.50. The van der Waals surface area contributed by atoms with Gasteiger partial charge in [-0.05, 0) is 30.4 Å². The Balaban J connectivity index is 2.32. The molecule has 0 amide bonds. The van der Waals surface area contributed by atoms with Gasteiger partial charge in [0.2, 0.25) is 0 Å². The lowest BCUT2D eigenvalue weighted by Crippen LogP contribution is -2.07. The van der Waals surface area contributed by atoms with Crippen LogP contribution in [-0.2, 0) is 6.54 Å². The molecule has 1 aromatic rings. The highest BCUT2D eigenvalue weighted by Crippen LogP contribution is 2.34. The molecule has 2 heteroatoms. The fourth-order valence-electron chi connectivity index (χ4n) is 1.89. The molecule has 1 aliphatic carbocycles. The summed E-state index contributed by atoms with van der Waals surface area (Å²) < 4.78 is 5.90. The molecule has 1 saturated carbocycles. The Bertz CT molecular complexity index is 342. The van der Waals surface area contributed by atoms with Gasteiger partial charge in [-0.15, -0.1) is 0 Å². The molecule has 0 bridgehead atoms. The van der Waals surface area contributed by atoms with Crippen molar-refractivity contribution in [2.75, 3.05) is 0 Å². The van der Waals surface area contributed by atoms with E-state index in [0.717, 1.165) is 5.75 Å². The largest absolute Gasteiger partial charge is 0.490 e. The second kappa shape index (κ2) is 4.23. The van der Waals surface area contributed by atoms with E-state index in [4.69, 9.17) is 10.5 Å². The van der Waals surface area contributed by atoms with Gasteiger partial charge < -0.3 is 10.5 Å². The van der Waals surface area contributed by atoms with Crippen molar-refractivity contribution in [1.82, 2.24) is 0 Å². The Hall–Kier alpha value is -1.02. The number of rotatable bonds is 4. The van der Waals surface area contributed by atoms with E-state index in [-0.39, 0.29) is 0 Å². The lowest BCUT2D eigenvalue weighted by molar-refractivity contribution is 0.298. The highest BCUT2D eigenvalue weighted by atomic mass is 16.5. The Morgan fingerprint density at radius 2 is 2.13 bits per heavy atom. The Morgan fingerprint density at radius 3 is 2.67 bits per heavy atom. The van der Waals surface area contributed by atoms with Crippen LogP contribution in [0.5, 0.6) is 5.75 Å². The highest BCUT2D eigenvalue weighted by molar-refractivity contribution is 5.42. The number of nitrogens with two attached hydrogens (primary N) is 1. The first-order valence-corrected chi connectivity index (χ1v) is 5.71. The minimum atomic E-state index is 0.454. The first kappa shape index (κ1) is 10.5. The van der Waals surface area contributed by atoms with Gasteiger partial charge in [0.15, 0.2) is 0 Å². The van der Waals surface area contributed by atoms with Crippen LogP contribution in [0.3, 0.4) is 0 Å². The molecule has 0 spiro atoms. The zero-order valence-corrected chi connectivity index (χ0v) is 9.49. The average molecular weight is 205 g/mol. The minimum absolute atomic E-state index is 0.454. The summed E-state index contributed by atoms with van der Waals surface area (Å²) >= 11 is 0. The van der Waals surface area contributed by atoms with Crippen molar-refractivity contribution in [3.8, 4) is 5.75 Å². The maximum Gasteiger partial charge on any atom is 0.123 e. The van der Waals surface area contributed by atoms with Crippen LogP contribution in [-0.4, -0.2) is 6.10 Å². The fraction of sp³-hybridized carbons (Fsp3) is 0.538. The average Bonchev–Trinajstić information content (AvgIpc) is 3.01. The van der Waals surface area contributed by atoms with Gasteiger partial charge in [-0.25, -0.2) is 0 Å². The van der Waals surface area contributed by atoms with Crippen LogP contribution in [0.15, 0.2) is 18.2 Å². The van der Waals surface area contributed by atoms with Crippen LogP contribution >= 0.6 is 0 Å². The van der Waals surface area contributed by atoms with Crippen LogP contribution < -0.4 is 10.5 Å². The molecule has 0 heterocycles. The molecule has 1 fully saturated rings. The van der Waals surface area contributed by atoms with E-state index in [1.165, 1.54) is 24.0 Å². The van der Waals surface area contributed by atoms with Crippen molar-refractivity contribution in [3.63, 3.8) is 0 Å². The summed E-state index contributed by atoms with van der Waals surface area (Å²) in [6, 6.07) is 6.19. The number of benzene rings is 1. The van der Waals surface area contributed by atoms with Gasteiger partial charge in [0.1, 0.15) is 5.75 Å². The minimum Gasteiger partial charge on any atom is -0.490 e. The molecule has 0 atom stereocenters. The van der Waals surface area contributed by atoms with Crippen molar-refractivity contribution in [2.24, 2.45) is 5.73 Å². The second-order valence-electron chi connectivity index (χ2n) is 4.50. The monoisotopic (exact) mass is 205 g/mol. The van der Waals surface area contributed by atoms with E-state index >= 15 is 0 Å². The van der Waals surface area contributed by atoms with Crippen LogP contribution in [0.4, 0.5) is 0 Å². The standard InChI is InChI=1S/C13H19NO/c1-9(2)13-10(8-14)4-3-5-12(13)15-11-6-7-11/h3-5,9,11H,6-8,14H2,1-2H3. The summed E-state index contributed by atoms with van der Waals surface area (Å²) in [6.07, 6.45) is 2.85. The van der Waals surface area contributed by atoms with Crippen LogP contribution in [0.25, 0.3) is 0 Å². The van der Waals surface area contributed by atoms with Crippen molar-refractivity contribution in [1.29, 1.82) is 0 Å². The molecule has 0 unspecified atom stereocenters. The molecule has 82 valence electrons. The van der Waals surface area contributed by atoms with Crippen molar-refractivity contribution >= 4 is 0 Å². The van der Waals surface area contributed by atoms with Gasteiger partial charge in [-0.1, -0.05) is 26.0 Å². The third-order valence-corrected chi connectivity index (χ3v) is 2.77. The van der Waals surface area contributed by atoms with Gasteiger partial charge in [0.05, 0.1) is 6.10 Å². The lowest BCUT2D eigenvalue weighted by Gasteiger charge is -2.17. The van der Waals surface area contributed by atoms with Gasteiger partial charge in [0, 0.05) is 12.1 Å². The fourth-order valence-corrected chi connectivity index (χ4v) is 1.89. The van der Waals surface area contributed by atoms with E-state index < -0.39 is 0 Å². The highest BCUT2D eigenvalue weighted by Gasteiger charge is 2.25. The molecule has 0 aliphatic heterocycles. The van der Waals surface area contributed by atoms with Gasteiger partial charge >= 0.3 is 0 Å². The predicted octanol–water partition coefficient (Wildman–Crippen LogP) is 2.81. The molecule has 1 aromatic carbocycles. The molecule has 1 aliphatic rings. The lowest BCUT2D eigenvalue weighted by atomic mass is 9.96. The zero-order chi connectivity index (χ0) is 10.8. The van der Waals surface area contributed by atoms with Crippen LogP contribution in [0.2, 0.25) is 0 Å². The van der Waals surface area contributed by atoms with Crippen LogP contribution in [0, 0.1) is 0 Å². The SMILES string of the molecule is CC(C)c1c(CN)cccc1OC1CC1. The summed E-state index contributed by atoms with van der Waals surface area (Å²) in [5.74, 6) is 1.51. The summed E-state index contributed by atoms with van der Waals surface area (Å²) in [6.45, 7) is 4.97. The smallest absolute Gasteiger partial charge is 0.123 e. The quantitative estimate of drug-likeness (QED) is 0.820. The normalized spacial score (nSPS) is 15.7. The first-order valence-electron chi connectivity index (χ1n) is 5.71. The van der Waals surface area contributed by atoms with Gasteiger partial charge in [0.25, 0.3) is 0 Å². The first-order chi connectivity index (χ1) is 7.22. The molecule has 15 heavy (non-hydrogen) atoms. The molecule has 0 saturated heterocycles. The molecular formula is C13H19NO. The van der Waals surface area contributed by atoms with E-state index in [1.54, 1.807) is 0 Å². The van der Waals surface area contributed by atoms with Gasteiger partial charge in [-0.2, -0.15) is 0 Å². The van der Waals surface area contributed by atoms with Crippen molar-refractivity contribution < 1.29 is 4.74 Å². The number of hydrogen-bond acceptors (Lipinski definition) is 2. The molecule has 0 aromatic heterocycles. The zero-order valence-electron chi connectivity index (χ0n) is 9.49. The number of ether oxygens (including phenoxy) is 1. The number of hydrogen-bond donors (Lipinski definition) is 1. The third-order valence-electron chi connectivity index (χ3n) is 2.77. The summed E-state index contributed by atoms with van der Waals surface area (Å²) in [7, 11) is 0. The maximum absolute atomic E-state index is 5.90. The molecule has 2 rings (SSSR count). The maximum atomic E-state index is 5.90. The van der Waals surface area contributed by atoms with E-state index in [1.807, 2.05) is 6.07 Å². The molecule has 2 nitrogen and oxygen atoms in total. The van der Waals surface area contributed by atoms with E-state index in [0.29, 0.717) is 18.6 Å². The Labute approximate surface area is 91.4 Å². The van der Waals surface area contributed by atoms with Gasteiger partial charge in [-0.3, -0.25) is 0 Å².